The van der Waals surface area contributed by atoms with Gasteiger partial charge in [0.1, 0.15) is 0 Å². The molecule has 4 rings (SSSR count). The quantitative estimate of drug-likeness (QED) is 0.263. The zero-order valence-electron chi connectivity index (χ0n) is 21.8. The Balaban J connectivity index is 1.79. The first-order chi connectivity index (χ1) is 18.5. The molecule has 200 valence electrons. The molecule has 11 heteroatoms. The van der Waals surface area contributed by atoms with Gasteiger partial charge in [0.25, 0.3) is 0 Å². The number of amides is 1. The van der Waals surface area contributed by atoms with E-state index in [1.54, 1.807) is 30.0 Å². The molecule has 0 aliphatic carbocycles. The Morgan fingerprint density at radius 3 is 2.58 bits per heavy atom. The summed E-state index contributed by atoms with van der Waals surface area (Å²) in [5, 5.41) is 9.20. The number of ether oxygens (including phenoxy) is 4. The number of aromatic nitrogens is 3. The van der Waals surface area contributed by atoms with Gasteiger partial charge < -0.3 is 18.9 Å². The maximum Gasteiger partial charge on any atom is 0.344 e. The van der Waals surface area contributed by atoms with E-state index in [1.165, 1.54) is 18.7 Å². The summed E-state index contributed by atoms with van der Waals surface area (Å²) >= 11 is 1.49. The van der Waals surface area contributed by atoms with Crippen LogP contribution < -0.4 is 19.1 Å². The van der Waals surface area contributed by atoms with Crippen molar-refractivity contribution in [2.45, 2.75) is 45.5 Å². The van der Waals surface area contributed by atoms with Crippen molar-refractivity contribution in [3.8, 4) is 28.6 Å². The van der Waals surface area contributed by atoms with Crippen molar-refractivity contribution >= 4 is 29.3 Å². The molecule has 2 aromatic carbocycles. The van der Waals surface area contributed by atoms with Crippen LogP contribution in [0.4, 0.5) is 5.69 Å². The highest BCUT2D eigenvalue weighted by Gasteiger charge is 2.35. The Hall–Kier alpha value is -3.86. The lowest BCUT2D eigenvalue weighted by molar-refractivity contribution is -0.145. The smallest absolute Gasteiger partial charge is 0.344 e. The first-order valence-electron chi connectivity index (χ1n) is 12.4. The van der Waals surface area contributed by atoms with Crippen molar-refractivity contribution in [3.63, 3.8) is 0 Å². The number of esters is 1. The van der Waals surface area contributed by atoms with E-state index in [1.807, 2.05) is 31.2 Å². The van der Waals surface area contributed by atoms with Gasteiger partial charge >= 0.3 is 5.97 Å². The van der Waals surface area contributed by atoms with Gasteiger partial charge in [0.05, 0.1) is 18.9 Å². The number of carbonyl (C=O) groups excluding carboxylic acids is 2. The fourth-order valence-corrected chi connectivity index (χ4v) is 4.56. The molecule has 1 aliphatic heterocycles. The molecule has 0 spiro atoms. The van der Waals surface area contributed by atoms with Crippen molar-refractivity contribution in [1.82, 2.24) is 15.2 Å². The zero-order valence-corrected chi connectivity index (χ0v) is 22.6. The molecular formula is C27H30N4O6S. The maximum absolute atomic E-state index is 13.1. The standard InChI is InChI=1S/C27H30N4O6S/c1-5-14-38-27-28-25-24(29-30-27)19-10-8-9-11-20(19)31(17(4)32)26(37-25)18-12-13-21(22(15-18)34-6-2)36-16-23(33)35-7-3/h8-13,15,26H,5-7,14,16H2,1-4H3/t26-/m1/s1. The lowest BCUT2D eigenvalue weighted by Gasteiger charge is -2.30. The van der Waals surface area contributed by atoms with Crippen LogP contribution in [0.15, 0.2) is 47.6 Å². The van der Waals surface area contributed by atoms with E-state index in [0.29, 0.717) is 45.8 Å². The van der Waals surface area contributed by atoms with E-state index in [0.717, 1.165) is 12.2 Å². The van der Waals surface area contributed by atoms with Crippen LogP contribution in [0.1, 0.15) is 45.9 Å². The molecule has 0 bridgehead atoms. The van der Waals surface area contributed by atoms with Crippen LogP contribution in [-0.2, 0) is 14.3 Å². The van der Waals surface area contributed by atoms with Crippen LogP contribution in [-0.4, -0.2) is 52.6 Å². The van der Waals surface area contributed by atoms with Crippen LogP contribution in [0.3, 0.4) is 0 Å². The number of nitrogens with zero attached hydrogens (tertiary/aromatic N) is 4. The number of para-hydroxylation sites is 1. The largest absolute Gasteiger partial charge is 0.490 e. The van der Waals surface area contributed by atoms with Gasteiger partial charge in [-0.05, 0) is 44.5 Å². The van der Waals surface area contributed by atoms with E-state index in [-0.39, 0.29) is 25.0 Å². The average Bonchev–Trinajstić information content (AvgIpc) is 3.06. The summed E-state index contributed by atoms with van der Waals surface area (Å²) in [4.78, 5) is 31.1. The van der Waals surface area contributed by atoms with Crippen LogP contribution in [0.25, 0.3) is 11.3 Å². The van der Waals surface area contributed by atoms with Gasteiger partial charge in [0, 0.05) is 23.8 Å². The van der Waals surface area contributed by atoms with Gasteiger partial charge in [0.15, 0.2) is 23.8 Å². The number of carbonyl (C=O) groups is 2. The number of thioether (sulfide) groups is 1. The summed E-state index contributed by atoms with van der Waals surface area (Å²) < 4.78 is 22.8. The average molecular weight is 539 g/mol. The number of hydrogen-bond donors (Lipinski definition) is 0. The van der Waals surface area contributed by atoms with Crippen LogP contribution in [0, 0.1) is 0 Å². The summed E-state index contributed by atoms with van der Waals surface area (Å²) in [6.07, 6.45) is 0.0781. The molecule has 2 heterocycles. The highest BCUT2D eigenvalue weighted by molar-refractivity contribution is 7.99. The molecular weight excluding hydrogens is 508 g/mol. The van der Waals surface area contributed by atoms with Crippen LogP contribution in [0.5, 0.6) is 17.4 Å². The fraction of sp³-hybridized carbons (Fsp3) is 0.370. The number of hydrogen-bond acceptors (Lipinski definition) is 10. The molecule has 1 amide bonds. The molecule has 10 nitrogen and oxygen atoms in total. The topological polar surface area (TPSA) is 113 Å². The predicted octanol–water partition coefficient (Wildman–Crippen LogP) is 4.83. The molecule has 3 aromatic rings. The van der Waals surface area contributed by atoms with E-state index < -0.39 is 12.2 Å². The van der Waals surface area contributed by atoms with E-state index in [4.69, 9.17) is 18.9 Å². The molecule has 0 fully saturated rings. The van der Waals surface area contributed by atoms with Crippen LogP contribution >= 0.6 is 11.8 Å². The van der Waals surface area contributed by atoms with E-state index >= 15 is 0 Å². The highest BCUT2D eigenvalue weighted by atomic mass is 32.2. The molecule has 0 unspecified atom stereocenters. The Labute approximate surface area is 225 Å². The van der Waals surface area contributed by atoms with Crippen LogP contribution in [0.2, 0.25) is 0 Å². The Morgan fingerprint density at radius 2 is 1.84 bits per heavy atom. The SMILES string of the molecule is CCCSc1nnc2c(n1)O[C@H](c1ccc(OCC(=O)OCC)c(OCC)c1)N(C(C)=O)c1ccccc1-2. The van der Waals surface area contributed by atoms with Crippen molar-refractivity contribution in [2.75, 3.05) is 30.5 Å². The minimum atomic E-state index is -0.881. The summed E-state index contributed by atoms with van der Waals surface area (Å²) in [6, 6.07) is 12.6. The van der Waals surface area contributed by atoms with Gasteiger partial charge in [-0.2, -0.15) is 4.98 Å². The summed E-state index contributed by atoms with van der Waals surface area (Å²) in [5.74, 6) is 1.18. The second-order valence-corrected chi connectivity index (χ2v) is 9.27. The minimum Gasteiger partial charge on any atom is -0.490 e. The predicted molar refractivity (Wildman–Crippen MR) is 143 cm³/mol. The van der Waals surface area contributed by atoms with E-state index in [9.17, 15) is 9.59 Å². The number of benzene rings is 2. The van der Waals surface area contributed by atoms with Crippen molar-refractivity contribution < 1.29 is 28.5 Å². The molecule has 0 saturated heterocycles. The first-order valence-corrected chi connectivity index (χ1v) is 13.4. The molecule has 1 atom stereocenters. The third kappa shape index (κ3) is 5.99. The number of fused-ring (bicyclic) bond motifs is 3. The highest BCUT2D eigenvalue weighted by Crippen LogP contribution is 2.44. The van der Waals surface area contributed by atoms with E-state index in [2.05, 4.69) is 22.1 Å². The monoisotopic (exact) mass is 538 g/mol. The summed E-state index contributed by atoms with van der Waals surface area (Å²) in [6.45, 7) is 7.50. The third-order valence-corrected chi connectivity index (χ3v) is 6.53. The molecule has 1 aliphatic rings. The summed E-state index contributed by atoms with van der Waals surface area (Å²) in [7, 11) is 0. The second-order valence-electron chi connectivity index (χ2n) is 8.21. The third-order valence-electron chi connectivity index (χ3n) is 5.49. The zero-order chi connectivity index (χ0) is 27.1. The number of anilines is 1. The first kappa shape index (κ1) is 27.2. The van der Waals surface area contributed by atoms with Crippen molar-refractivity contribution in [1.29, 1.82) is 0 Å². The lowest BCUT2D eigenvalue weighted by atomic mass is 10.1. The fourth-order valence-electron chi connectivity index (χ4n) is 3.93. The molecule has 38 heavy (non-hydrogen) atoms. The van der Waals surface area contributed by atoms with Gasteiger partial charge in [-0.25, -0.2) is 4.79 Å². The maximum atomic E-state index is 13.1. The lowest BCUT2D eigenvalue weighted by Crippen LogP contribution is -2.36. The number of rotatable bonds is 10. The van der Waals surface area contributed by atoms with Gasteiger partial charge in [-0.15, -0.1) is 10.2 Å². The molecule has 1 aromatic heterocycles. The molecule has 0 saturated carbocycles. The van der Waals surface area contributed by atoms with Crippen molar-refractivity contribution in [2.24, 2.45) is 0 Å². The Bertz CT molecular complexity index is 1300. The van der Waals surface area contributed by atoms with Crippen molar-refractivity contribution in [3.05, 3.63) is 48.0 Å². The molecule has 0 radical (unpaired) electrons. The minimum absolute atomic E-state index is 0.232. The van der Waals surface area contributed by atoms with Gasteiger partial charge in [0.2, 0.25) is 23.2 Å². The van der Waals surface area contributed by atoms with Gasteiger partial charge in [-0.1, -0.05) is 36.9 Å². The normalized spacial score (nSPS) is 14.0. The Kier molecular flexibility index (Phi) is 9.01. The second kappa shape index (κ2) is 12.6. The van der Waals surface area contributed by atoms with Gasteiger partial charge in [-0.3, -0.25) is 9.69 Å². The molecule has 0 N–H and O–H groups in total. The summed E-state index contributed by atoms with van der Waals surface area (Å²) in [5.41, 5.74) is 2.38. The Morgan fingerprint density at radius 1 is 1.03 bits per heavy atom.